The Balaban J connectivity index is 3.44. The Labute approximate surface area is 110 Å². The van der Waals surface area contributed by atoms with E-state index in [-0.39, 0.29) is 5.33 Å². The van der Waals surface area contributed by atoms with Gasteiger partial charge in [-0.25, -0.2) is 0 Å². The Morgan fingerprint density at radius 2 is 1.61 bits per heavy atom. The highest BCUT2D eigenvalue weighted by atomic mass is 79.9. The van der Waals surface area contributed by atoms with Crippen LogP contribution in [-0.2, 0) is 11.8 Å². The number of carbonyl (C=O) groups is 1. The van der Waals surface area contributed by atoms with Crippen LogP contribution >= 0.6 is 25.2 Å². The van der Waals surface area contributed by atoms with Crippen LogP contribution in [-0.4, -0.2) is 11.1 Å². The molecule has 1 nitrogen and oxygen atoms in total. The molecule has 0 radical (unpaired) electrons. The largest absolute Gasteiger partial charge is 0.416 e. The lowest BCUT2D eigenvalue weighted by Crippen LogP contribution is -2.13. The van der Waals surface area contributed by atoms with Crippen molar-refractivity contribution in [1.82, 2.24) is 0 Å². The highest BCUT2D eigenvalue weighted by Crippen LogP contribution is 2.39. The van der Waals surface area contributed by atoms with Gasteiger partial charge in [-0.05, 0) is 18.2 Å². The Hall–Kier alpha value is -0.550. The van der Waals surface area contributed by atoms with Crippen LogP contribution in [0.2, 0.25) is 0 Å². The van der Waals surface area contributed by atoms with E-state index in [9.17, 15) is 26.7 Å². The normalized spacial score (nSPS) is 12.6. The third-order valence-electron chi connectivity index (χ3n) is 2.09. The van der Waals surface area contributed by atoms with Crippen LogP contribution in [0.25, 0.3) is 0 Å². The molecule has 0 fully saturated rings. The van der Waals surface area contributed by atoms with Gasteiger partial charge in [0.25, 0.3) is 5.66 Å². The Morgan fingerprint density at radius 1 is 1.11 bits per heavy atom. The van der Waals surface area contributed by atoms with Gasteiger partial charge in [-0.1, -0.05) is 25.2 Å². The van der Waals surface area contributed by atoms with Crippen molar-refractivity contribution in [1.29, 1.82) is 0 Å². The predicted octanol–water partition coefficient (Wildman–Crippen LogP) is 4.21. The molecular formula is C10H7BrF5OP. The van der Waals surface area contributed by atoms with Crippen molar-refractivity contribution in [3.05, 3.63) is 34.9 Å². The van der Waals surface area contributed by atoms with Crippen LogP contribution in [0.3, 0.4) is 0 Å². The molecule has 0 N–H and O–H groups in total. The molecule has 0 aliphatic carbocycles. The minimum Gasteiger partial charge on any atom is -0.293 e. The van der Waals surface area contributed by atoms with Crippen molar-refractivity contribution >= 4 is 31.0 Å². The summed E-state index contributed by atoms with van der Waals surface area (Å²) in [6.45, 7) is 0. The molecule has 0 bridgehead atoms. The second-order valence-corrected chi connectivity index (χ2v) is 4.76. The fourth-order valence-electron chi connectivity index (χ4n) is 1.22. The maximum absolute atomic E-state index is 13.0. The van der Waals surface area contributed by atoms with Gasteiger partial charge in [-0.15, -0.1) is 0 Å². The molecule has 0 spiro atoms. The number of benzene rings is 1. The van der Waals surface area contributed by atoms with E-state index in [1.807, 2.05) is 0 Å². The van der Waals surface area contributed by atoms with Crippen molar-refractivity contribution in [3.8, 4) is 0 Å². The van der Waals surface area contributed by atoms with Gasteiger partial charge in [0.15, 0.2) is 5.78 Å². The van der Waals surface area contributed by atoms with Gasteiger partial charge in [-0.3, -0.25) is 4.79 Å². The molecule has 18 heavy (non-hydrogen) atoms. The van der Waals surface area contributed by atoms with Gasteiger partial charge in [0.05, 0.1) is 10.9 Å². The number of carbonyl (C=O) groups excluding carboxylic acids is 1. The van der Waals surface area contributed by atoms with Crippen molar-refractivity contribution in [2.24, 2.45) is 0 Å². The molecular weight excluding hydrogens is 342 g/mol. The van der Waals surface area contributed by atoms with Crippen molar-refractivity contribution in [3.63, 3.8) is 0 Å². The minimum absolute atomic E-state index is 0.240. The second-order valence-electron chi connectivity index (χ2n) is 3.48. The summed E-state index contributed by atoms with van der Waals surface area (Å²) in [7, 11) is 1.14. The molecule has 0 heterocycles. The first kappa shape index (κ1) is 15.5. The maximum atomic E-state index is 13.0. The van der Waals surface area contributed by atoms with E-state index in [4.69, 9.17) is 0 Å². The van der Waals surface area contributed by atoms with Gasteiger partial charge in [0.1, 0.15) is 0 Å². The summed E-state index contributed by atoms with van der Waals surface area (Å²) >= 11 is 2.78. The van der Waals surface area contributed by atoms with Crippen LogP contribution in [0.5, 0.6) is 0 Å². The molecule has 0 aromatic heterocycles. The van der Waals surface area contributed by atoms with Crippen LogP contribution in [0, 0.1) is 0 Å². The van der Waals surface area contributed by atoms with Crippen molar-refractivity contribution < 1.29 is 26.7 Å². The molecule has 0 saturated heterocycles. The number of alkyl halides is 6. The van der Waals surface area contributed by atoms with E-state index in [1.165, 1.54) is 0 Å². The van der Waals surface area contributed by atoms with Gasteiger partial charge >= 0.3 is 6.18 Å². The van der Waals surface area contributed by atoms with Gasteiger partial charge in [0.2, 0.25) is 0 Å². The summed E-state index contributed by atoms with van der Waals surface area (Å²) in [4.78, 5) is 11.3. The van der Waals surface area contributed by atoms with Crippen LogP contribution in [0.4, 0.5) is 22.0 Å². The lowest BCUT2D eigenvalue weighted by Gasteiger charge is -2.15. The Kier molecular flexibility index (Phi) is 4.49. The zero-order valence-corrected chi connectivity index (χ0v) is 11.4. The number of rotatable bonds is 3. The molecule has 1 atom stereocenters. The molecule has 1 rings (SSSR count). The standard InChI is InChI=1S/C10H7BrF5OP/c11-4-8(17)5-1-6(9(12,13)14)3-7(2-5)10(15,16)18/h1-3H,4,18H2. The van der Waals surface area contributed by atoms with E-state index < -0.39 is 34.3 Å². The third-order valence-corrected chi connectivity index (χ3v) is 2.93. The quantitative estimate of drug-likeness (QED) is 0.346. The highest BCUT2D eigenvalue weighted by Gasteiger charge is 2.35. The summed E-state index contributed by atoms with van der Waals surface area (Å²) < 4.78 is 63.7. The fraction of sp³-hybridized carbons (Fsp3) is 0.300. The van der Waals surface area contributed by atoms with E-state index in [0.29, 0.717) is 12.1 Å². The second kappa shape index (κ2) is 5.21. The van der Waals surface area contributed by atoms with Crippen LogP contribution < -0.4 is 0 Å². The first-order valence-electron chi connectivity index (χ1n) is 4.54. The first-order chi connectivity index (χ1) is 8.05. The number of Topliss-reactive ketones (excluding diaryl/α,β-unsaturated/α-hetero) is 1. The third kappa shape index (κ3) is 3.72. The Morgan fingerprint density at radius 3 is 2.00 bits per heavy atom. The summed E-state index contributed by atoms with van der Waals surface area (Å²) in [6, 6.07) is 1.65. The molecule has 0 saturated carbocycles. The molecule has 0 aliphatic heterocycles. The fourth-order valence-corrected chi connectivity index (χ4v) is 1.71. The van der Waals surface area contributed by atoms with Crippen LogP contribution in [0.1, 0.15) is 21.5 Å². The predicted molar refractivity (Wildman–Crippen MR) is 63.2 cm³/mol. The van der Waals surface area contributed by atoms with Gasteiger partial charge in [-0.2, -0.15) is 22.0 Å². The zero-order valence-electron chi connectivity index (χ0n) is 8.69. The number of hydrogen-bond donors (Lipinski definition) is 0. The molecule has 0 amide bonds. The summed E-state index contributed by atoms with van der Waals surface area (Å²) in [5.74, 6) is -0.698. The summed E-state index contributed by atoms with van der Waals surface area (Å²) in [6.07, 6.45) is -4.78. The molecule has 8 heteroatoms. The lowest BCUT2D eigenvalue weighted by atomic mass is 10.0. The molecule has 1 unspecified atom stereocenters. The van der Waals surface area contributed by atoms with Gasteiger partial charge < -0.3 is 0 Å². The summed E-state index contributed by atoms with van der Waals surface area (Å²) in [5, 5.41) is -0.240. The zero-order chi connectivity index (χ0) is 14.1. The first-order valence-corrected chi connectivity index (χ1v) is 6.24. The molecule has 1 aromatic carbocycles. The van der Waals surface area contributed by atoms with E-state index in [1.54, 1.807) is 0 Å². The SMILES string of the molecule is O=C(CBr)c1cc(C(F)(F)F)cc(C(F)(F)P)c1. The average molecular weight is 349 g/mol. The number of halogens is 6. The smallest absolute Gasteiger partial charge is 0.293 e. The monoisotopic (exact) mass is 348 g/mol. The Bertz CT molecular complexity index is 434. The van der Waals surface area contributed by atoms with Gasteiger partial charge in [0, 0.05) is 11.1 Å². The number of ketones is 1. The lowest BCUT2D eigenvalue weighted by molar-refractivity contribution is -0.137. The number of hydrogen-bond acceptors (Lipinski definition) is 1. The van der Waals surface area contributed by atoms with E-state index in [2.05, 4.69) is 15.9 Å². The van der Waals surface area contributed by atoms with Crippen molar-refractivity contribution in [2.45, 2.75) is 11.8 Å². The summed E-state index contributed by atoms with van der Waals surface area (Å²) in [5.41, 5.74) is -6.07. The van der Waals surface area contributed by atoms with E-state index in [0.717, 1.165) is 15.3 Å². The van der Waals surface area contributed by atoms with Crippen molar-refractivity contribution in [2.75, 3.05) is 5.33 Å². The minimum atomic E-state index is -4.78. The maximum Gasteiger partial charge on any atom is 0.416 e. The highest BCUT2D eigenvalue weighted by molar-refractivity contribution is 9.09. The van der Waals surface area contributed by atoms with Crippen LogP contribution in [0.15, 0.2) is 18.2 Å². The molecule has 1 aromatic rings. The topological polar surface area (TPSA) is 17.1 Å². The molecule has 0 aliphatic rings. The molecule has 100 valence electrons. The van der Waals surface area contributed by atoms with E-state index >= 15 is 0 Å². The average Bonchev–Trinajstić information content (AvgIpc) is 2.25.